The molecule has 6 nitrogen and oxygen atoms in total. The minimum absolute atomic E-state index is 0.0940. The molecule has 2 aromatic carbocycles. The minimum Gasteiger partial charge on any atom is -0.444 e. The van der Waals surface area contributed by atoms with Gasteiger partial charge in [0, 0.05) is 37.3 Å². The number of ether oxygens (including phenoxy) is 1. The zero-order valence-electron chi connectivity index (χ0n) is 19.5. The van der Waals surface area contributed by atoms with Gasteiger partial charge in [-0.15, -0.1) is 0 Å². The number of carbonyl (C=O) groups is 1. The van der Waals surface area contributed by atoms with E-state index in [9.17, 15) is 4.79 Å². The van der Waals surface area contributed by atoms with Gasteiger partial charge in [-0.3, -0.25) is 0 Å². The lowest BCUT2D eigenvalue weighted by molar-refractivity contribution is 0.0237. The van der Waals surface area contributed by atoms with Crippen molar-refractivity contribution >= 4 is 22.7 Å². The molecule has 1 atom stereocenters. The van der Waals surface area contributed by atoms with Crippen molar-refractivity contribution in [3.8, 4) is 0 Å². The Bertz CT molecular complexity index is 1030. The molecule has 3 N–H and O–H groups in total. The Balaban J connectivity index is 1.61. The fourth-order valence-corrected chi connectivity index (χ4v) is 3.54. The van der Waals surface area contributed by atoms with Crippen LogP contribution in [0.2, 0.25) is 0 Å². The third kappa shape index (κ3) is 6.95. The second-order valence-corrected chi connectivity index (χ2v) is 9.20. The first-order chi connectivity index (χ1) is 15.2. The van der Waals surface area contributed by atoms with E-state index < -0.39 is 5.60 Å². The summed E-state index contributed by atoms with van der Waals surface area (Å²) in [5, 5.41) is 5.56. The van der Waals surface area contributed by atoms with Crippen LogP contribution in [0.15, 0.2) is 60.8 Å². The van der Waals surface area contributed by atoms with Crippen molar-refractivity contribution in [2.45, 2.75) is 52.3 Å². The summed E-state index contributed by atoms with van der Waals surface area (Å²) in [6.07, 6.45) is 2.23. The predicted molar refractivity (Wildman–Crippen MR) is 130 cm³/mol. The maximum absolute atomic E-state index is 12.8. The fourth-order valence-electron chi connectivity index (χ4n) is 3.54. The van der Waals surface area contributed by atoms with Gasteiger partial charge >= 0.3 is 6.09 Å². The molecule has 0 aliphatic rings. The number of carbonyl (C=O) groups excluding carboxylic acids is 1. The van der Waals surface area contributed by atoms with E-state index in [0.717, 1.165) is 22.8 Å². The lowest BCUT2D eigenvalue weighted by Crippen LogP contribution is -2.45. The Morgan fingerprint density at radius 1 is 1.12 bits per heavy atom. The van der Waals surface area contributed by atoms with Crippen LogP contribution in [0, 0.1) is 0 Å². The summed E-state index contributed by atoms with van der Waals surface area (Å²) in [7, 11) is 0. The molecule has 0 radical (unpaired) electrons. The van der Waals surface area contributed by atoms with Crippen LogP contribution in [0.1, 0.15) is 38.8 Å². The molecule has 170 valence electrons. The van der Waals surface area contributed by atoms with Gasteiger partial charge in [-0.05, 0) is 62.8 Å². The van der Waals surface area contributed by atoms with Crippen molar-refractivity contribution in [2.24, 2.45) is 0 Å². The second-order valence-electron chi connectivity index (χ2n) is 9.20. The quantitative estimate of drug-likeness (QED) is 0.534. The Hall–Kier alpha value is -3.12. The summed E-state index contributed by atoms with van der Waals surface area (Å²) >= 11 is 0. The highest BCUT2D eigenvalue weighted by Gasteiger charge is 2.23. The van der Waals surface area contributed by atoms with Gasteiger partial charge in [-0.1, -0.05) is 42.5 Å². The predicted octanol–water partition coefficient (Wildman–Crippen LogP) is 4.77. The number of anilines is 1. The van der Waals surface area contributed by atoms with Crippen molar-refractivity contribution in [3.05, 3.63) is 71.9 Å². The standard InChI is InChI=1S/C26H34N4O2/c1-19(29-17-21-10-11-23-22(16-21)12-14-28-24(23)27)18-30(25(31)32-26(2,3)4)15-13-20-8-6-5-7-9-20/h5-12,14,16,19,29H,13,15,17-18H2,1-4H3,(H2,27,28)/t19-/m1/s1. The summed E-state index contributed by atoms with van der Waals surface area (Å²) in [4.78, 5) is 18.8. The Morgan fingerprint density at radius 2 is 1.88 bits per heavy atom. The molecular formula is C26H34N4O2. The number of nitrogen functional groups attached to an aromatic ring is 1. The van der Waals surface area contributed by atoms with Crippen LogP contribution in [0.5, 0.6) is 0 Å². The normalized spacial score (nSPS) is 12.5. The van der Waals surface area contributed by atoms with E-state index in [0.29, 0.717) is 25.5 Å². The molecule has 3 aromatic rings. The fraction of sp³-hybridized carbons (Fsp3) is 0.385. The third-order valence-electron chi connectivity index (χ3n) is 5.17. The number of rotatable bonds is 8. The van der Waals surface area contributed by atoms with Gasteiger partial charge in [-0.25, -0.2) is 9.78 Å². The van der Waals surface area contributed by atoms with Crippen LogP contribution < -0.4 is 11.1 Å². The summed E-state index contributed by atoms with van der Waals surface area (Å²) < 4.78 is 5.65. The van der Waals surface area contributed by atoms with Gasteiger partial charge in [0.15, 0.2) is 0 Å². The van der Waals surface area contributed by atoms with Gasteiger partial charge < -0.3 is 20.7 Å². The van der Waals surface area contributed by atoms with Crippen LogP contribution in [0.4, 0.5) is 10.6 Å². The molecule has 1 heterocycles. The van der Waals surface area contributed by atoms with Gasteiger partial charge in [-0.2, -0.15) is 0 Å². The molecule has 3 rings (SSSR count). The SMILES string of the molecule is C[C@H](CN(CCc1ccccc1)C(=O)OC(C)(C)C)NCc1ccc2c(N)nccc2c1. The van der Waals surface area contributed by atoms with E-state index in [-0.39, 0.29) is 12.1 Å². The Kier molecular flexibility index (Phi) is 7.70. The summed E-state index contributed by atoms with van der Waals surface area (Å²) in [6, 6.07) is 18.4. The maximum Gasteiger partial charge on any atom is 0.410 e. The first kappa shape index (κ1) is 23.5. The molecule has 0 bridgehead atoms. The number of fused-ring (bicyclic) bond motifs is 1. The number of hydrogen-bond acceptors (Lipinski definition) is 5. The van der Waals surface area contributed by atoms with Gasteiger partial charge in [0.25, 0.3) is 0 Å². The van der Waals surface area contributed by atoms with E-state index in [2.05, 4.69) is 41.5 Å². The molecular weight excluding hydrogens is 400 g/mol. The number of nitrogens with one attached hydrogen (secondary N) is 1. The number of amides is 1. The Morgan fingerprint density at radius 3 is 2.59 bits per heavy atom. The highest BCUT2D eigenvalue weighted by molar-refractivity contribution is 5.91. The van der Waals surface area contributed by atoms with Gasteiger partial charge in [0.2, 0.25) is 0 Å². The van der Waals surface area contributed by atoms with Crippen molar-refractivity contribution in [3.63, 3.8) is 0 Å². The molecule has 32 heavy (non-hydrogen) atoms. The molecule has 0 saturated heterocycles. The lowest BCUT2D eigenvalue weighted by atomic mass is 10.1. The molecule has 0 spiro atoms. The number of nitrogens with two attached hydrogens (primary N) is 1. The van der Waals surface area contributed by atoms with Crippen molar-refractivity contribution < 1.29 is 9.53 Å². The highest BCUT2D eigenvalue weighted by Crippen LogP contribution is 2.20. The molecule has 6 heteroatoms. The van der Waals surface area contributed by atoms with Crippen molar-refractivity contribution in [1.82, 2.24) is 15.2 Å². The molecule has 0 aliphatic heterocycles. The minimum atomic E-state index is -0.527. The topological polar surface area (TPSA) is 80.5 Å². The van der Waals surface area contributed by atoms with Crippen LogP contribution >= 0.6 is 0 Å². The molecule has 0 unspecified atom stereocenters. The number of aromatic nitrogens is 1. The smallest absolute Gasteiger partial charge is 0.410 e. The van der Waals surface area contributed by atoms with E-state index >= 15 is 0 Å². The van der Waals surface area contributed by atoms with Gasteiger partial charge in [0.1, 0.15) is 11.4 Å². The monoisotopic (exact) mass is 434 g/mol. The van der Waals surface area contributed by atoms with Crippen LogP contribution in [-0.4, -0.2) is 40.7 Å². The van der Waals surface area contributed by atoms with Crippen LogP contribution in [0.3, 0.4) is 0 Å². The van der Waals surface area contributed by atoms with E-state index in [1.165, 1.54) is 5.56 Å². The second kappa shape index (κ2) is 10.5. The van der Waals surface area contributed by atoms with E-state index in [4.69, 9.17) is 10.5 Å². The van der Waals surface area contributed by atoms with Crippen molar-refractivity contribution in [2.75, 3.05) is 18.8 Å². The number of benzene rings is 2. The highest BCUT2D eigenvalue weighted by atomic mass is 16.6. The average Bonchev–Trinajstić information content (AvgIpc) is 2.74. The zero-order valence-corrected chi connectivity index (χ0v) is 19.5. The summed E-state index contributed by atoms with van der Waals surface area (Å²) in [5.41, 5.74) is 7.78. The Labute approximate surface area is 190 Å². The number of pyridine rings is 1. The number of nitrogens with zero attached hydrogens (tertiary/aromatic N) is 2. The lowest BCUT2D eigenvalue weighted by Gasteiger charge is -2.29. The molecule has 1 amide bonds. The molecule has 0 saturated carbocycles. The summed E-state index contributed by atoms with van der Waals surface area (Å²) in [6.45, 7) is 9.63. The van der Waals surface area contributed by atoms with Crippen molar-refractivity contribution in [1.29, 1.82) is 0 Å². The van der Waals surface area contributed by atoms with Crippen LogP contribution in [-0.2, 0) is 17.7 Å². The third-order valence-corrected chi connectivity index (χ3v) is 5.17. The van der Waals surface area contributed by atoms with Crippen LogP contribution in [0.25, 0.3) is 10.8 Å². The molecule has 0 fully saturated rings. The zero-order chi connectivity index (χ0) is 23.1. The largest absolute Gasteiger partial charge is 0.444 e. The summed E-state index contributed by atoms with van der Waals surface area (Å²) in [5.74, 6) is 0.543. The first-order valence-electron chi connectivity index (χ1n) is 11.1. The number of hydrogen-bond donors (Lipinski definition) is 2. The molecule has 0 aliphatic carbocycles. The maximum atomic E-state index is 12.8. The van der Waals surface area contributed by atoms with Gasteiger partial charge in [0.05, 0.1) is 0 Å². The average molecular weight is 435 g/mol. The first-order valence-corrected chi connectivity index (χ1v) is 11.1. The van der Waals surface area contributed by atoms with E-state index in [1.54, 1.807) is 11.1 Å². The van der Waals surface area contributed by atoms with E-state index in [1.807, 2.05) is 51.1 Å². The molecule has 1 aromatic heterocycles.